The van der Waals surface area contributed by atoms with E-state index < -0.39 is 0 Å². The first-order chi connectivity index (χ1) is 7.61. The summed E-state index contributed by atoms with van der Waals surface area (Å²) in [4.78, 5) is 4.25. The molecule has 0 aliphatic rings. The maximum absolute atomic E-state index is 9.05. The molecule has 5 nitrogen and oxygen atoms in total. The van der Waals surface area contributed by atoms with Crippen LogP contribution in [0, 0.1) is 25.2 Å². The minimum atomic E-state index is 0.611. The van der Waals surface area contributed by atoms with Gasteiger partial charge in [0.15, 0.2) is 4.34 Å². The maximum atomic E-state index is 9.05. The zero-order valence-electron chi connectivity index (χ0n) is 9.05. The summed E-state index contributed by atoms with van der Waals surface area (Å²) in [5.41, 5.74) is 1.36. The first-order valence-corrected chi connectivity index (χ1v) is 6.12. The molecule has 7 heteroatoms. The molecular formula is C9H9N5S2. The van der Waals surface area contributed by atoms with Crippen LogP contribution in [0.4, 0.5) is 0 Å². The third kappa shape index (κ3) is 1.94. The molecular weight excluding hydrogens is 242 g/mol. The maximum Gasteiger partial charge on any atom is 0.176 e. The highest BCUT2D eigenvalue weighted by Gasteiger charge is 2.15. The van der Waals surface area contributed by atoms with Gasteiger partial charge in [-0.05, 0) is 37.1 Å². The molecule has 0 fully saturated rings. The minimum absolute atomic E-state index is 0.611. The Balaban J connectivity index is 2.38. The van der Waals surface area contributed by atoms with Crippen molar-refractivity contribution in [3.05, 3.63) is 17.1 Å². The van der Waals surface area contributed by atoms with Crippen LogP contribution in [-0.2, 0) is 7.05 Å². The van der Waals surface area contributed by atoms with Gasteiger partial charge in [-0.15, -0.1) is 0 Å². The highest BCUT2D eigenvalue weighted by atomic mass is 32.2. The Bertz CT molecular complexity index is 563. The van der Waals surface area contributed by atoms with E-state index in [0.717, 1.165) is 20.9 Å². The van der Waals surface area contributed by atoms with Gasteiger partial charge in [0, 0.05) is 7.05 Å². The van der Waals surface area contributed by atoms with E-state index in [-0.39, 0.29) is 0 Å². The molecule has 2 heterocycles. The highest BCUT2D eigenvalue weighted by molar-refractivity contribution is 8.01. The molecule has 0 atom stereocenters. The largest absolute Gasteiger partial charge is 0.260 e. The van der Waals surface area contributed by atoms with Crippen molar-refractivity contribution in [1.82, 2.24) is 19.1 Å². The molecule has 0 aliphatic carbocycles. The lowest BCUT2D eigenvalue weighted by Crippen LogP contribution is -1.92. The number of nitrogens with zero attached hydrogens (tertiary/aromatic N) is 5. The fraction of sp³-hybridized carbons (Fsp3) is 0.333. The van der Waals surface area contributed by atoms with Crippen molar-refractivity contribution >= 4 is 23.3 Å². The smallest absolute Gasteiger partial charge is 0.176 e. The molecule has 82 valence electrons. The second-order valence-electron chi connectivity index (χ2n) is 3.21. The lowest BCUT2D eigenvalue weighted by Gasteiger charge is -1.97. The Hall–Kier alpha value is -1.39. The van der Waals surface area contributed by atoms with Gasteiger partial charge in [-0.3, -0.25) is 4.68 Å². The Labute approximate surface area is 101 Å². The zero-order valence-corrected chi connectivity index (χ0v) is 10.7. The van der Waals surface area contributed by atoms with Crippen molar-refractivity contribution in [2.75, 3.05) is 0 Å². The Morgan fingerprint density at radius 1 is 1.44 bits per heavy atom. The zero-order chi connectivity index (χ0) is 11.7. The molecule has 2 aromatic rings. The SMILES string of the molecule is Cc1nsc(Sc2c(C#N)c(C)nn2C)n1. The topological polar surface area (TPSA) is 67.4 Å². The van der Waals surface area contributed by atoms with Crippen molar-refractivity contribution in [3.8, 4) is 6.07 Å². The van der Waals surface area contributed by atoms with Gasteiger partial charge in [-0.2, -0.15) is 14.7 Å². The summed E-state index contributed by atoms with van der Waals surface area (Å²) in [5.74, 6) is 0.755. The van der Waals surface area contributed by atoms with Crippen LogP contribution in [-0.4, -0.2) is 19.1 Å². The second kappa shape index (κ2) is 4.23. The van der Waals surface area contributed by atoms with E-state index >= 15 is 0 Å². The van der Waals surface area contributed by atoms with Crippen LogP contribution in [0.25, 0.3) is 0 Å². The summed E-state index contributed by atoms with van der Waals surface area (Å²) in [6, 6.07) is 2.16. The first-order valence-electron chi connectivity index (χ1n) is 4.53. The summed E-state index contributed by atoms with van der Waals surface area (Å²) in [5, 5.41) is 14.1. The molecule has 0 N–H and O–H groups in total. The number of aromatic nitrogens is 4. The third-order valence-corrected chi connectivity index (χ3v) is 3.98. The fourth-order valence-electron chi connectivity index (χ4n) is 1.28. The van der Waals surface area contributed by atoms with E-state index in [2.05, 4.69) is 20.5 Å². The summed E-state index contributed by atoms with van der Waals surface area (Å²) in [6.45, 7) is 3.67. The highest BCUT2D eigenvalue weighted by Crippen LogP contribution is 2.31. The third-order valence-electron chi connectivity index (χ3n) is 1.97. The quantitative estimate of drug-likeness (QED) is 0.815. The van der Waals surface area contributed by atoms with Crippen LogP contribution in [0.15, 0.2) is 9.37 Å². The molecule has 0 spiro atoms. The lowest BCUT2D eigenvalue weighted by atomic mass is 10.3. The van der Waals surface area contributed by atoms with Crippen LogP contribution in [0.5, 0.6) is 0 Å². The molecule has 0 amide bonds. The van der Waals surface area contributed by atoms with Crippen LogP contribution in [0.1, 0.15) is 17.1 Å². The molecule has 0 aliphatic heterocycles. The van der Waals surface area contributed by atoms with Gasteiger partial charge in [0.2, 0.25) is 0 Å². The summed E-state index contributed by atoms with van der Waals surface area (Å²) >= 11 is 2.76. The molecule has 2 aromatic heterocycles. The molecule has 2 rings (SSSR count). The number of hydrogen-bond donors (Lipinski definition) is 0. The van der Waals surface area contributed by atoms with E-state index in [1.807, 2.05) is 20.9 Å². The van der Waals surface area contributed by atoms with Gasteiger partial charge in [-0.25, -0.2) is 4.98 Å². The van der Waals surface area contributed by atoms with Gasteiger partial charge in [0.25, 0.3) is 0 Å². The lowest BCUT2D eigenvalue weighted by molar-refractivity contribution is 0.691. The van der Waals surface area contributed by atoms with E-state index in [4.69, 9.17) is 5.26 Å². The summed E-state index contributed by atoms with van der Waals surface area (Å²) in [6.07, 6.45) is 0. The molecule has 0 saturated heterocycles. The predicted molar refractivity (Wildman–Crippen MR) is 61.4 cm³/mol. The van der Waals surface area contributed by atoms with E-state index in [0.29, 0.717) is 5.56 Å². The Kier molecular flexibility index (Phi) is 2.94. The van der Waals surface area contributed by atoms with Crippen LogP contribution in [0.3, 0.4) is 0 Å². The molecule has 0 bridgehead atoms. The van der Waals surface area contributed by atoms with Crippen molar-refractivity contribution in [2.24, 2.45) is 7.05 Å². The number of aryl methyl sites for hydroxylation is 3. The molecule has 0 radical (unpaired) electrons. The first kappa shape index (κ1) is 11.1. The average Bonchev–Trinajstić information content (AvgIpc) is 2.73. The minimum Gasteiger partial charge on any atom is -0.260 e. The van der Waals surface area contributed by atoms with Crippen LogP contribution in [0.2, 0.25) is 0 Å². The van der Waals surface area contributed by atoms with Crippen molar-refractivity contribution < 1.29 is 0 Å². The summed E-state index contributed by atoms with van der Waals surface area (Å²) < 4.78 is 6.64. The van der Waals surface area contributed by atoms with Crippen molar-refractivity contribution in [1.29, 1.82) is 5.26 Å². The fourth-order valence-corrected chi connectivity index (χ4v) is 3.02. The van der Waals surface area contributed by atoms with Crippen LogP contribution >= 0.6 is 23.3 Å². The van der Waals surface area contributed by atoms with Crippen LogP contribution < -0.4 is 0 Å². The molecule has 0 unspecified atom stereocenters. The van der Waals surface area contributed by atoms with Gasteiger partial charge < -0.3 is 0 Å². The number of hydrogen-bond acceptors (Lipinski definition) is 6. The summed E-state index contributed by atoms with van der Waals surface area (Å²) in [7, 11) is 1.82. The van der Waals surface area contributed by atoms with Gasteiger partial charge >= 0.3 is 0 Å². The average molecular weight is 251 g/mol. The Morgan fingerprint density at radius 3 is 2.75 bits per heavy atom. The van der Waals surface area contributed by atoms with Crippen molar-refractivity contribution in [2.45, 2.75) is 23.2 Å². The molecule has 0 aromatic carbocycles. The molecule has 0 saturated carbocycles. The van der Waals surface area contributed by atoms with Gasteiger partial charge in [0.05, 0.1) is 5.69 Å². The normalized spacial score (nSPS) is 10.4. The van der Waals surface area contributed by atoms with Gasteiger partial charge in [0.1, 0.15) is 22.5 Å². The van der Waals surface area contributed by atoms with E-state index in [1.54, 1.807) is 4.68 Å². The monoisotopic (exact) mass is 251 g/mol. The van der Waals surface area contributed by atoms with E-state index in [1.165, 1.54) is 23.3 Å². The van der Waals surface area contributed by atoms with E-state index in [9.17, 15) is 0 Å². The predicted octanol–water partition coefficient (Wildman–Crippen LogP) is 1.91. The Morgan fingerprint density at radius 2 is 2.19 bits per heavy atom. The standard InChI is InChI=1S/C9H9N5S2/c1-5-7(4-10)8(14(3)12-5)15-9-11-6(2)13-16-9/h1-3H3. The van der Waals surface area contributed by atoms with Gasteiger partial charge in [-0.1, -0.05) is 0 Å². The molecule has 16 heavy (non-hydrogen) atoms. The second-order valence-corrected chi connectivity index (χ2v) is 5.20. The number of rotatable bonds is 2. The van der Waals surface area contributed by atoms with Crippen molar-refractivity contribution in [3.63, 3.8) is 0 Å². The number of nitriles is 1.